The summed E-state index contributed by atoms with van der Waals surface area (Å²) >= 11 is 0. The first kappa shape index (κ1) is 120. The fourth-order valence-electron chi connectivity index (χ4n) is 19.9. The fraction of sp³-hybridized carbons (Fsp3) is 0.696. The maximum absolute atomic E-state index is 14.5. The fourth-order valence-corrected chi connectivity index (χ4v) is 22.5. The number of phosphoric ester groups is 2. The second-order valence-corrected chi connectivity index (χ2v) is 45.2. The van der Waals surface area contributed by atoms with E-state index in [-0.39, 0.29) is 139 Å². The molecule has 0 aliphatic carbocycles. The van der Waals surface area contributed by atoms with Gasteiger partial charge in [0.1, 0.15) is 88.3 Å². The molecule has 4 amide bonds. The van der Waals surface area contributed by atoms with Crippen molar-refractivity contribution in [1.82, 2.24) is 59.7 Å². The highest BCUT2D eigenvalue weighted by Crippen LogP contribution is 2.52. The zero-order chi connectivity index (χ0) is 108. The summed E-state index contributed by atoms with van der Waals surface area (Å²) in [4.78, 5) is 133. The third-order valence-electron chi connectivity index (χ3n) is 28.7. The van der Waals surface area contributed by atoms with E-state index in [1.807, 2.05) is 79.7 Å². The van der Waals surface area contributed by atoms with Crippen molar-refractivity contribution in [2.24, 2.45) is 23.7 Å². The number of aromatic nitrogens is 9. The molecule has 834 valence electrons. The number of ether oxygens (including phenoxy) is 9. The number of carbonyl (C=O) groups excluding carboxylic acids is 7. The van der Waals surface area contributed by atoms with Crippen LogP contribution in [0.3, 0.4) is 0 Å². The van der Waals surface area contributed by atoms with Crippen LogP contribution in [-0.4, -0.2) is 331 Å². The van der Waals surface area contributed by atoms with E-state index in [0.29, 0.717) is 182 Å². The predicted molar refractivity (Wildman–Crippen MR) is 540 cm³/mol. The number of phosphoric acid groups is 2. The molecule has 3 aromatic carbocycles. The highest BCUT2D eigenvalue weighted by atomic mass is 31.2. The van der Waals surface area contributed by atoms with Gasteiger partial charge in [0.05, 0.1) is 115 Å². The molecule has 9 N–H and O–H groups in total. The van der Waals surface area contributed by atoms with E-state index in [4.69, 9.17) is 65.3 Å². The summed E-state index contributed by atoms with van der Waals surface area (Å²) in [5, 5.41) is 91.2. The molecule has 0 radical (unpaired) electrons. The first-order chi connectivity index (χ1) is 71.9. The number of benzene rings is 3. The number of rotatable bonds is 65. The number of amides is 4. The van der Waals surface area contributed by atoms with Crippen LogP contribution in [-0.2, 0) is 118 Å². The number of unbranched alkanes of at least 4 members (excludes halogenated alkanes) is 12. The Morgan fingerprint density at radius 2 is 0.753 bits per heavy atom. The lowest BCUT2D eigenvalue weighted by molar-refractivity contribution is -0.280. The Bertz CT molecular complexity index is 5430. The van der Waals surface area contributed by atoms with Crippen molar-refractivity contribution in [3.63, 3.8) is 0 Å². The first-order valence-corrected chi connectivity index (χ1v) is 57.4. The summed E-state index contributed by atoms with van der Waals surface area (Å²) in [6, 6.07) is 19.2. The topological polar surface area (TPSA) is 584 Å². The van der Waals surface area contributed by atoms with E-state index in [2.05, 4.69) is 30.9 Å². The van der Waals surface area contributed by atoms with Gasteiger partial charge in [-0.05, 0) is 139 Å². The van der Waals surface area contributed by atoms with Crippen LogP contribution >= 0.6 is 23.2 Å². The molecule has 150 heavy (non-hydrogen) atoms. The smallest absolute Gasteiger partial charge is 0.473 e. The molecule has 3 aromatic heterocycles. The summed E-state index contributed by atoms with van der Waals surface area (Å²) in [5.41, 5.74) is 4.08. The van der Waals surface area contributed by atoms with Crippen LogP contribution in [0, 0.1) is 23.7 Å². The van der Waals surface area contributed by atoms with Crippen molar-refractivity contribution in [2.75, 3.05) is 80.7 Å². The van der Waals surface area contributed by atoms with Gasteiger partial charge in [-0.3, -0.25) is 61.1 Å². The molecule has 48 heteroatoms. The molecular weight excluding hydrogens is 2010 g/mol. The van der Waals surface area contributed by atoms with E-state index in [1.165, 1.54) is 18.9 Å². The van der Waals surface area contributed by atoms with Crippen molar-refractivity contribution < 1.29 is 158 Å². The van der Waals surface area contributed by atoms with Gasteiger partial charge in [0, 0.05) is 145 Å². The highest BCUT2D eigenvalue weighted by molar-refractivity contribution is 7.52. The van der Waals surface area contributed by atoms with Gasteiger partial charge in [0.15, 0.2) is 25.0 Å². The summed E-state index contributed by atoms with van der Waals surface area (Å²) < 4.78 is 125. The molecule has 0 bridgehead atoms. The maximum atomic E-state index is 14.5. The number of ketones is 3. The predicted octanol–water partition coefficient (Wildman–Crippen LogP) is 10.6. The van der Waals surface area contributed by atoms with Crippen molar-refractivity contribution in [3.8, 4) is 51.0 Å². The molecule has 6 aliphatic heterocycles. The quantitative estimate of drug-likeness (QED) is 0.0126. The molecule has 6 fully saturated rings. The number of Topliss-reactive ketones (excluding diaryl/α,β-unsaturated/α-hetero) is 3. The normalized spacial score (nSPS) is 26.8. The van der Waals surface area contributed by atoms with Crippen LogP contribution in [0.4, 0.5) is 0 Å². The third-order valence-corrected chi connectivity index (χ3v) is 32.2. The van der Waals surface area contributed by atoms with Crippen molar-refractivity contribution in [3.05, 3.63) is 91.4 Å². The molecule has 6 saturated heterocycles. The van der Waals surface area contributed by atoms with Gasteiger partial charge in [-0.25, -0.2) is 23.2 Å². The minimum Gasteiger partial charge on any atom is -0.497 e. The maximum Gasteiger partial charge on any atom is 0.473 e. The Kier molecular flexibility index (Phi) is 47.1. The Hall–Kier alpha value is -8.54. The summed E-state index contributed by atoms with van der Waals surface area (Å²) in [6.07, 6.45) is 0.360. The first-order valence-electron chi connectivity index (χ1n) is 52.6. The molecule has 18 unspecified atom stereocenters. The SMILES string of the molecule is COc1cccc(-c2cn(CC3OC(OCCCCC(=O)CCCCCCC(=O)N4C[C@H](C)C[C@H]4COP(=O)(O)O[C@@H]4C[C@@H](COP(=O)(O)O[C@@H]5C[C@@H](CCP(=O)(O)OC)N(C(=O)CCCCCCC(=O)CCCCOC6OC(Cn7cc(-c8cccc(OC)c8)nn7)C(O)C(O)C6C)C5)N(C(=O)CCCCCCC(=O)CCCCOC5OC(Cn6cc(-c7cccc(OC)c7)nn6)C(O)C(O)C5C)C4=O)C(C)C(O)C3O)nn2)c1. The molecule has 12 rings (SSSR count). The number of aliphatic hydroxyl groups excluding tert-OH is 6. The van der Waals surface area contributed by atoms with Crippen LogP contribution in [0.15, 0.2) is 91.4 Å². The van der Waals surface area contributed by atoms with Gasteiger partial charge < -0.3 is 102 Å². The van der Waals surface area contributed by atoms with Crippen LogP contribution in [0.25, 0.3) is 33.8 Å². The Labute approximate surface area is 874 Å². The Morgan fingerprint density at radius 1 is 0.407 bits per heavy atom. The molecular formula is C102H153N12O33P3. The van der Waals surface area contributed by atoms with Crippen molar-refractivity contribution >= 4 is 64.2 Å². The molecule has 9 heterocycles. The number of carbonyl (C=O) groups is 7. The second kappa shape index (κ2) is 58.8. The van der Waals surface area contributed by atoms with Gasteiger partial charge in [-0.1, -0.05) is 118 Å². The van der Waals surface area contributed by atoms with E-state index in [1.54, 1.807) is 65.6 Å². The number of nitrogens with zero attached hydrogens (tertiary/aromatic N) is 12. The molecule has 6 aromatic rings. The van der Waals surface area contributed by atoms with E-state index < -0.39 is 177 Å². The lowest BCUT2D eigenvalue weighted by Gasteiger charge is -2.41. The average Bonchev–Trinajstić information content (AvgIpc) is 1.66. The number of hydrogen-bond acceptors (Lipinski definition) is 36. The lowest BCUT2D eigenvalue weighted by Crippen LogP contribution is -2.55. The monoisotopic (exact) mass is 2170 g/mol. The van der Waals surface area contributed by atoms with Gasteiger partial charge in [-0.15, -0.1) is 15.3 Å². The summed E-state index contributed by atoms with van der Waals surface area (Å²) in [6.45, 7) is 6.81. The van der Waals surface area contributed by atoms with E-state index in [9.17, 15) is 92.6 Å². The van der Waals surface area contributed by atoms with E-state index >= 15 is 0 Å². The van der Waals surface area contributed by atoms with Gasteiger partial charge in [0.2, 0.25) is 17.7 Å². The largest absolute Gasteiger partial charge is 0.497 e. The Morgan fingerprint density at radius 3 is 1.13 bits per heavy atom. The molecule has 6 aliphatic rings. The highest BCUT2D eigenvalue weighted by Gasteiger charge is 2.51. The molecule has 0 spiro atoms. The van der Waals surface area contributed by atoms with Crippen LogP contribution in [0.2, 0.25) is 0 Å². The van der Waals surface area contributed by atoms with Crippen LogP contribution in [0.1, 0.15) is 227 Å². The van der Waals surface area contributed by atoms with Crippen molar-refractivity contribution in [1.29, 1.82) is 0 Å². The number of methoxy groups -OCH3 is 3. The number of likely N-dealkylation sites (tertiary alicyclic amines) is 3. The average molecular weight is 2170 g/mol. The summed E-state index contributed by atoms with van der Waals surface area (Å²) in [5.74, 6) is -2.06. The molecule has 24 atom stereocenters. The Balaban J connectivity index is 0.570. The van der Waals surface area contributed by atoms with Gasteiger partial charge in [0.25, 0.3) is 5.91 Å². The minimum absolute atomic E-state index is 0.00114. The van der Waals surface area contributed by atoms with Crippen LogP contribution < -0.4 is 14.2 Å². The zero-order valence-corrected chi connectivity index (χ0v) is 89.7. The number of hydrogen-bond donors (Lipinski definition) is 9. The van der Waals surface area contributed by atoms with E-state index in [0.717, 1.165) is 28.7 Å². The van der Waals surface area contributed by atoms with Gasteiger partial charge in [-0.2, -0.15) is 0 Å². The van der Waals surface area contributed by atoms with Crippen molar-refractivity contribution in [2.45, 2.75) is 351 Å². The van der Waals surface area contributed by atoms with Crippen LogP contribution in [0.5, 0.6) is 17.2 Å². The molecule has 0 saturated carbocycles. The van der Waals surface area contributed by atoms with Gasteiger partial charge >= 0.3 is 23.2 Å². The standard InChI is InChI=1S/C102H153N12O33P3/c1-66-50-74(112(56-66)90(118)42-18-12-9-15-33-76(115)36-21-24-46-138-100-67(2)93(121)96(124)87(143-100)61-109-58-83(103-106-109)70-30-27-39-79(51-70)134-5)64-141-150(132,133)147-86-55-75(114(99(86)127)92(120)44-20-14-11-17-35-78(117)38-23-26-48-140-102-69(4)95(123)98(126)89(145-102)63-111-60-85(105-108-111)72-32-29-41-81(53-72)136-7)65-142-149(130,131)146-82-54-73(45-49-148(128,129)137-8)113(57-82)91(119)43-19-13-10-16-34-77(116)37-22-25-47-139-101-68(3)94(122)97(125)88(144-101)62-110-59-84(104-107-110)71-31-28-40-80(52-71)135-6/h27-32,39-41,51-53,58-60,66-69,73-75,82,86-89,93-98,100-102,121-126H,9-26,33-38,42-50,54-57,61-65H2,1-8H3,(H,128,129)(H,130,131)(H,132,133)/t66-,67?,68?,69?,73-,74+,75+,82-,86-,87?,88?,89?,93?,94?,95?,96?,97?,98?,100?,101?,102?/m1/s1. The number of aliphatic hydroxyl groups is 6. The minimum atomic E-state index is -5.21. The third kappa shape index (κ3) is 36.0. The second-order valence-electron chi connectivity index (χ2n) is 40.3. The molecule has 45 nitrogen and oxygen atoms in total. The lowest BCUT2D eigenvalue weighted by atomic mass is 9.92. The summed E-state index contributed by atoms with van der Waals surface area (Å²) in [7, 11) is -8.76. The zero-order valence-electron chi connectivity index (χ0n) is 87.0. The number of imide groups is 1.